The topological polar surface area (TPSA) is 59.0 Å². The van der Waals surface area contributed by atoms with Gasteiger partial charge in [0, 0.05) is 19.3 Å². The summed E-state index contributed by atoms with van der Waals surface area (Å²) in [6.45, 7) is 5.40. The van der Waals surface area contributed by atoms with Crippen molar-refractivity contribution in [2.75, 3.05) is 13.2 Å². The van der Waals surface area contributed by atoms with E-state index in [-0.39, 0.29) is 6.04 Å². The molecule has 3 nitrogen and oxygen atoms in total. The molecular weight excluding hydrogens is 164 g/mol. The highest BCUT2D eigenvalue weighted by Gasteiger charge is 2.33. The van der Waals surface area contributed by atoms with Crippen LogP contribution in [0.15, 0.2) is 0 Å². The molecule has 0 saturated carbocycles. The number of nitrogens with zero attached hydrogens (tertiary/aromatic N) is 1. The SMILES string of the molecule is CC(C)(C#N)C(N)C1CCOCC1. The Bertz CT molecular complexity index is 201. The van der Waals surface area contributed by atoms with Crippen LogP contribution >= 0.6 is 0 Å². The van der Waals surface area contributed by atoms with Gasteiger partial charge in [-0.05, 0) is 32.6 Å². The average molecular weight is 182 g/mol. The average Bonchev–Trinajstić information content (AvgIpc) is 2.18. The fraction of sp³-hybridized carbons (Fsp3) is 0.900. The minimum absolute atomic E-state index is 0.0265. The highest BCUT2D eigenvalue weighted by molar-refractivity contribution is 5.01. The van der Waals surface area contributed by atoms with Crippen molar-refractivity contribution < 1.29 is 4.74 Å². The lowest BCUT2D eigenvalue weighted by Gasteiger charge is -2.34. The van der Waals surface area contributed by atoms with Crippen molar-refractivity contribution in [1.29, 1.82) is 5.26 Å². The lowest BCUT2D eigenvalue weighted by atomic mass is 9.76. The minimum atomic E-state index is -0.415. The van der Waals surface area contributed by atoms with Crippen LogP contribution < -0.4 is 5.73 Å². The fourth-order valence-corrected chi connectivity index (χ4v) is 1.74. The highest BCUT2D eigenvalue weighted by Crippen LogP contribution is 2.29. The zero-order chi connectivity index (χ0) is 9.90. The highest BCUT2D eigenvalue weighted by atomic mass is 16.5. The molecule has 1 aliphatic rings. The lowest BCUT2D eigenvalue weighted by Crippen LogP contribution is -2.44. The quantitative estimate of drug-likeness (QED) is 0.700. The minimum Gasteiger partial charge on any atom is -0.381 e. The van der Waals surface area contributed by atoms with Gasteiger partial charge in [0.2, 0.25) is 0 Å². The molecule has 13 heavy (non-hydrogen) atoms. The molecule has 1 unspecified atom stereocenters. The molecule has 0 bridgehead atoms. The van der Waals surface area contributed by atoms with Gasteiger partial charge in [-0.3, -0.25) is 0 Å². The van der Waals surface area contributed by atoms with Crippen LogP contribution in [0.5, 0.6) is 0 Å². The van der Waals surface area contributed by atoms with Crippen LogP contribution in [0.25, 0.3) is 0 Å². The Morgan fingerprint density at radius 2 is 2.00 bits per heavy atom. The van der Waals surface area contributed by atoms with Gasteiger partial charge >= 0.3 is 0 Å². The standard InChI is InChI=1S/C10H18N2O/c1-10(2,7-11)9(12)8-3-5-13-6-4-8/h8-9H,3-6,12H2,1-2H3. The molecule has 1 aliphatic heterocycles. The van der Waals surface area contributed by atoms with Gasteiger partial charge in [0.15, 0.2) is 0 Å². The maximum absolute atomic E-state index is 8.93. The zero-order valence-corrected chi connectivity index (χ0v) is 8.42. The van der Waals surface area contributed by atoms with E-state index in [1.54, 1.807) is 0 Å². The van der Waals surface area contributed by atoms with Crippen molar-refractivity contribution in [1.82, 2.24) is 0 Å². The summed E-state index contributed by atoms with van der Waals surface area (Å²) in [5.41, 5.74) is 5.64. The molecule has 0 radical (unpaired) electrons. The lowest BCUT2D eigenvalue weighted by molar-refractivity contribution is 0.0476. The Balaban J connectivity index is 2.55. The Labute approximate surface area is 79.9 Å². The first-order valence-electron chi connectivity index (χ1n) is 4.82. The molecule has 3 heteroatoms. The summed E-state index contributed by atoms with van der Waals surface area (Å²) in [5, 5.41) is 8.93. The second-order valence-electron chi connectivity index (χ2n) is 4.31. The van der Waals surface area contributed by atoms with Gasteiger partial charge in [0.25, 0.3) is 0 Å². The van der Waals surface area contributed by atoms with E-state index in [2.05, 4.69) is 6.07 Å². The number of hydrogen-bond acceptors (Lipinski definition) is 3. The Hall–Kier alpha value is -0.590. The molecule has 74 valence electrons. The van der Waals surface area contributed by atoms with Crippen LogP contribution in [0, 0.1) is 22.7 Å². The Morgan fingerprint density at radius 1 is 1.46 bits per heavy atom. The van der Waals surface area contributed by atoms with Gasteiger partial charge in [0.05, 0.1) is 11.5 Å². The van der Waals surface area contributed by atoms with Crippen molar-refractivity contribution in [3.63, 3.8) is 0 Å². The number of nitrogens with two attached hydrogens (primary N) is 1. The van der Waals surface area contributed by atoms with Crippen LogP contribution in [0.3, 0.4) is 0 Å². The molecule has 1 rings (SSSR count). The van der Waals surface area contributed by atoms with Gasteiger partial charge < -0.3 is 10.5 Å². The summed E-state index contributed by atoms with van der Waals surface area (Å²) >= 11 is 0. The summed E-state index contributed by atoms with van der Waals surface area (Å²) in [4.78, 5) is 0. The molecule has 1 atom stereocenters. The smallest absolute Gasteiger partial charge is 0.0700 e. The number of hydrogen-bond donors (Lipinski definition) is 1. The molecule has 0 aromatic rings. The Morgan fingerprint density at radius 3 is 2.46 bits per heavy atom. The third-order valence-electron chi connectivity index (χ3n) is 2.90. The molecule has 0 aliphatic carbocycles. The summed E-state index contributed by atoms with van der Waals surface area (Å²) in [5.74, 6) is 0.448. The first kappa shape index (κ1) is 10.5. The van der Waals surface area contributed by atoms with E-state index in [0.29, 0.717) is 5.92 Å². The molecule has 1 saturated heterocycles. The van der Waals surface area contributed by atoms with Crippen LogP contribution in [-0.2, 0) is 4.74 Å². The van der Waals surface area contributed by atoms with Crippen LogP contribution in [0.1, 0.15) is 26.7 Å². The van der Waals surface area contributed by atoms with Gasteiger partial charge in [0.1, 0.15) is 0 Å². The fourth-order valence-electron chi connectivity index (χ4n) is 1.74. The largest absolute Gasteiger partial charge is 0.381 e. The second kappa shape index (κ2) is 4.08. The van der Waals surface area contributed by atoms with Gasteiger partial charge in [-0.1, -0.05) is 0 Å². The summed E-state index contributed by atoms with van der Waals surface area (Å²) in [6.07, 6.45) is 1.98. The molecule has 2 N–H and O–H groups in total. The van der Waals surface area contributed by atoms with E-state index in [0.717, 1.165) is 26.1 Å². The predicted molar refractivity (Wildman–Crippen MR) is 50.9 cm³/mol. The van der Waals surface area contributed by atoms with Gasteiger partial charge in [-0.25, -0.2) is 0 Å². The van der Waals surface area contributed by atoms with E-state index >= 15 is 0 Å². The Kier molecular flexibility index (Phi) is 3.29. The molecular formula is C10H18N2O. The van der Waals surface area contributed by atoms with E-state index in [4.69, 9.17) is 15.7 Å². The maximum Gasteiger partial charge on any atom is 0.0700 e. The first-order chi connectivity index (χ1) is 6.08. The van der Waals surface area contributed by atoms with E-state index in [9.17, 15) is 0 Å². The van der Waals surface area contributed by atoms with E-state index < -0.39 is 5.41 Å². The molecule has 0 amide bonds. The number of ether oxygens (including phenoxy) is 1. The number of nitriles is 1. The molecule has 0 aromatic heterocycles. The summed E-state index contributed by atoms with van der Waals surface area (Å²) < 4.78 is 5.26. The third-order valence-corrected chi connectivity index (χ3v) is 2.90. The predicted octanol–water partition coefficient (Wildman–Crippen LogP) is 1.29. The van der Waals surface area contributed by atoms with Crippen molar-refractivity contribution in [2.45, 2.75) is 32.7 Å². The van der Waals surface area contributed by atoms with Crippen molar-refractivity contribution >= 4 is 0 Å². The van der Waals surface area contributed by atoms with Crippen molar-refractivity contribution in [3.05, 3.63) is 0 Å². The van der Waals surface area contributed by atoms with Crippen molar-refractivity contribution in [3.8, 4) is 6.07 Å². The third kappa shape index (κ3) is 2.43. The number of rotatable bonds is 2. The van der Waals surface area contributed by atoms with Gasteiger partial charge in [-0.2, -0.15) is 5.26 Å². The van der Waals surface area contributed by atoms with Crippen LogP contribution in [0.2, 0.25) is 0 Å². The van der Waals surface area contributed by atoms with E-state index in [1.807, 2.05) is 13.8 Å². The molecule has 0 aromatic carbocycles. The van der Waals surface area contributed by atoms with E-state index in [1.165, 1.54) is 0 Å². The molecule has 0 spiro atoms. The summed E-state index contributed by atoms with van der Waals surface area (Å²) in [7, 11) is 0. The second-order valence-corrected chi connectivity index (χ2v) is 4.31. The molecule has 1 fully saturated rings. The first-order valence-corrected chi connectivity index (χ1v) is 4.82. The zero-order valence-electron chi connectivity index (χ0n) is 8.42. The maximum atomic E-state index is 8.93. The monoisotopic (exact) mass is 182 g/mol. The molecule has 1 heterocycles. The summed E-state index contributed by atoms with van der Waals surface area (Å²) in [6, 6.07) is 2.25. The normalized spacial score (nSPS) is 22.3. The van der Waals surface area contributed by atoms with Gasteiger partial charge in [-0.15, -0.1) is 0 Å². The van der Waals surface area contributed by atoms with Crippen LogP contribution in [0.4, 0.5) is 0 Å². The van der Waals surface area contributed by atoms with Crippen molar-refractivity contribution in [2.24, 2.45) is 17.1 Å². The van der Waals surface area contributed by atoms with Crippen LogP contribution in [-0.4, -0.2) is 19.3 Å².